The van der Waals surface area contributed by atoms with Gasteiger partial charge in [0.1, 0.15) is 0 Å². The predicted molar refractivity (Wildman–Crippen MR) is 63.5 cm³/mol. The normalized spacial score (nSPS) is 7.54. The molecule has 1 heterocycles. The summed E-state index contributed by atoms with van der Waals surface area (Å²) in [6, 6.07) is 4.03. The number of hydrogen-bond donors (Lipinski definition) is 0. The van der Waals surface area contributed by atoms with Crippen LogP contribution in [0.25, 0.3) is 0 Å². The average molecular weight is 199 g/mol. The quantitative estimate of drug-likeness (QED) is 0.630. The SMILES string of the molecule is CC.CC.CSc1cccnc1C. The molecule has 0 unspecified atom stereocenters. The highest BCUT2D eigenvalue weighted by molar-refractivity contribution is 7.98. The minimum Gasteiger partial charge on any atom is -0.260 e. The van der Waals surface area contributed by atoms with E-state index < -0.39 is 0 Å². The summed E-state index contributed by atoms with van der Waals surface area (Å²) in [5.74, 6) is 0. The minimum absolute atomic E-state index is 1.12. The molecule has 1 aromatic rings. The fourth-order valence-electron chi connectivity index (χ4n) is 0.685. The molecule has 0 aromatic carbocycles. The van der Waals surface area contributed by atoms with E-state index in [1.165, 1.54) is 4.90 Å². The van der Waals surface area contributed by atoms with Crippen molar-refractivity contribution in [3.8, 4) is 0 Å². The molecule has 1 rings (SSSR count). The lowest BCUT2D eigenvalue weighted by Gasteiger charge is -1.96. The maximum Gasteiger partial charge on any atom is 0.0508 e. The molecule has 0 spiro atoms. The van der Waals surface area contributed by atoms with Crippen LogP contribution < -0.4 is 0 Å². The highest BCUT2D eigenvalue weighted by Gasteiger charge is 1.91. The van der Waals surface area contributed by atoms with Crippen molar-refractivity contribution in [1.29, 1.82) is 0 Å². The predicted octanol–water partition coefficient (Wildman–Crippen LogP) is 4.16. The lowest BCUT2D eigenvalue weighted by atomic mass is 10.4. The van der Waals surface area contributed by atoms with E-state index in [0.29, 0.717) is 0 Å². The Bertz CT molecular complexity index is 199. The molecule has 0 aliphatic carbocycles. The largest absolute Gasteiger partial charge is 0.260 e. The van der Waals surface area contributed by atoms with Crippen molar-refractivity contribution in [2.45, 2.75) is 39.5 Å². The summed E-state index contributed by atoms with van der Waals surface area (Å²) in [6.45, 7) is 10.0. The van der Waals surface area contributed by atoms with E-state index in [9.17, 15) is 0 Å². The highest BCUT2D eigenvalue weighted by Crippen LogP contribution is 2.15. The van der Waals surface area contributed by atoms with Crippen molar-refractivity contribution in [1.82, 2.24) is 4.98 Å². The molecule has 0 atom stereocenters. The molecule has 0 aliphatic heterocycles. The van der Waals surface area contributed by atoms with Gasteiger partial charge in [-0.3, -0.25) is 4.98 Å². The Morgan fingerprint density at radius 3 is 2.00 bits per heavy atom. The molecule has 0 fully saturated rings. The van der Waals surface area contributed by atoms with E-state index in [1.54, 1.807) is 11.8 Å². The number of pyridine rings is 1. The van der Waals surface area contributed by atoms with Crippen LogP contribution in [0.1, 0.15) is 33.4 Å². The van der Waals surface area contributed by atoms with Crippen molar-refractivity contribution in [2.24, 2.45) is 0 Å². The van der Waals surface area contributed by atoms with Crippen LogP contribution in [0.15, 0.2) is 23.2 Å². The molecular formula is C11H21NS. The van der Waals surface area contributed by atoms with E-state index >= 15 is 0 Å². The number of hydrogen-bond acceptors (Lipinski definition) is 2. The second-order valence-electron chi connectivity index (χ2n) is 1.79. The van der Waals surface area contributed by atoms with Crippen molar-refractivity contribution in [3.63, 3.8) is 0 Å². The molecule has 0 amide bonds. The van der Waals surface area contributed by atoms with Gasteiger partial charge in [0, 0.05) is 11.1 Å². The Labute approximate surface area is 87.0 Å². The number of nitrogens with zero attached hydrogens (tertiary/aromatic N) is 1. The summed E-state index contributed by atoms with van der Waals surface area (Å²) in [4.78, 5) is 5.39. The van der Waals surface area contributed by atoms with Gasteiger partial charge in [-0.25, -0.2) is 0 Å². The minimum atomic E-state index is 1.12. The summed E-state index contributed by atoms with van der Waals surface area (Å²) >= 11 is 1.73. The third-order valence-electron chi connectivity index (χ3n) is 1.18. The molecule has 2 heteroatoms. The first kappa shape index (κ1) is 15.0. The van der Waals surface area contributed by atoms with Gasteiger partial charge in [-0.05, 0) is 25.3 Å². The molecule has 1 aromatic heterocycles. The van der Waals surface area contributed by atoms with Crippen molar-refractivity contribution in [3.05, 3.63) is 24.0 Å². The van der Waals surface area contributed by atoms with Crippen molar-refractivity contribution in [2.75, 3.05) is 6.26 Å². The maximum atomic E-state index is 4.13. The van der Waals surface area contributed by atoms with Gasteiger partial charge in [-0.2, -0.15) is 0 Å². The first-order valence-electron chi connectivity index (χ1n) is 4.80. The lowest BCUT2D eigenvalue weighted by Crippen LogP contribution is -1.80. The van der Waals surface area contributed by atoms with Gasteiger partial charge in [-0.1, -0.05) is 27.7 Å². The zero-order chi connectivity index (χ0) is 10.7. The van der Waals surface area contributed by atoms with Crippen LogP contribution in [-0.2, 0) is 0 Å². The van der Waals surface area contributed by atoms with E-state index in [2.05, 4.69) is 17.3 Å². The van der Waals surface area contributed by atoms with Crippen LogP contribution in [0.5, 0.6) is 0 Å². The smallest absolute Gasteiger partial charge is 0.0508 e. The van der Waals surface area contributed by atoms with Crippen LogP contribution in [0.3, 0.4) is 0 Å². The third-order valence-corrected chi connectivity index (χ3v) is 2.05. The lowest BCUT2D eigenvalue weighted by molar-refractivity contribution is 1.12. The number of thioether (sulfide) groups is 1. The van der Waals surface area contributed by atoms with Crippen LogP contribution in [0, 0.1) is 6.92 Å². The Kier molecular flexibility index (Phi) is 13.3. The molecule has 0 bridgehead atoms. The summed E-state index contributed by atoms with van der Waals surface area (Å²) in [5, 5.41) is 0. The van der Waals surface area contributed by atoms with E-state index in [-0.39, 0.29) is 0 Å². The Hall–Kier alpha value is -0.500. The highest BCUT2D eigenvalue weighted by atomic mass is 32.2. The summed E-state index contributed by atoms with van der Waals surface area (Å²) in [7, 11) is 0. The van der Waals surface area contributed by atoms with Gasteiger partial charge < -0.3 is 0 Å². The molecule has 0 aliphatic rings. The van der Waals surface area contributed by atoms with Gasteiger partial charge in [0.05, 0.1) is 5.69 Å². The van der Waals surface area contributed by atoms with Gasteiger partial charge in [-0.15, -0.1) is 11.8 Å². The van der Waals surface area contributed by atoms with Gasteiger partial charge >= 0.3 is 0 Å². The molecule has 0 saturated carbocycles. The second kappa shape index (κ2) is 11.5. The fourth-order valence-corrected chi connectivity index (χ4v) is 1.25. The van der Waals surface area contributed by atoms with Gasteiger partial charge in [0.2, 0.25) is 0 Å². The molecule has 0 radical (unpaired) electrons. The van der Waals surface area contributed by atoms with Gasteiger partial charge in [0.25, 0.3) is 0 Å². The fraction of sp³-hybridized carbons (Fsp3) is 0.545. The Morgan fingerprint density at radius 2 is 1.69 bits per heavy atom. The van der Waals surface area contributed by atoms with Crippen LogP contribution >= 0.6 is 11.8 Å². The number of rotatable bonds is 1. The number of aromatic nitrogens is 1. The van der Waals surface area contributed by atoms with Crippen LogP contribution in [-0.4, -0.2) is 11.2 Å². The first-order chi connectivity index (χ1) is 6.34. The zero-order valence-electron chi connectivity index (χ0n) is 9.59. The van der Waals surface area contributed by atoms with E-state index in [4.69, 9.17) is 0 Å². The third kappa shape index (κ3) is 6.64. The molecule has 76 valence electrons. The summed E-state index contributed by atoms with van der Waals surface area (Å²) in [6.07, 6.45) is 3.87. The number of aryl methyl sites for hydroxylation is 1. The maximum absolute atomic E-state index is 4.13. The Morgan fingerprint density at radius 1 is 1.15 bits per heavy atom. The van der Waals surface area contributed by atoms with Crippen LogP contribution in [0.4, 0.5) is 0 Å². The standard InChI is InChI=1S/C7H9NS.2C2H6/c1-6-7(9-2)4-3-5-8-6;2*1-2/h3-5H,1-2H3;2*1-2H3. The van der Waals surface area contributed by atoms with E-state index in [1.807, 2.05) is 46.9 Å². The Balaban J connectivity index is 0. The summed E-state index contributed by atoms with van der Waals surface area (Å²) in [5.41, 5.74) is 1.12. The zero-order valence-corrected chi connectivity index (χ0v) is 10.4. The van der Waals surface area contributed by atoms with Gasteiger partial charge in [0.15, 0.2) is 0 Å². The first-order valence-corrected chi connectivity index (χ1v) is 6.02. The molecule has 13 heavy (non-hydrogen) atoms. The molecule has 0 N–H and O–H groups in total. The van der Waals surface area contributed by atoms with Crippen molar-refractivity contribution < 1.29 is 0 Å². The van der Waals surface area contributed by atoms with Crippen molar-refractivity contribution >= 4 is 11.8 Å². The molecule has 1 nitrogen and oxygen atoms in total. The second-order valence-corrected chi connectivity index (χ2v) is 2.64. The average Bonchev–Trinajstić information content (AvgIpc) is 2.24. The monoisotopic (exact) mass is 199 g/mol. The molecule has 0 saturated heterocycles. The van der Waals surface area contributed by atoms with E-state index in [0.717, 1.165) is 5.69 Å². The molecular weight excluding hydrogens is 178 g/mol. The topological polar surface area (TPSA) is 12.9 Å². The summed E-state index contributed by atoms with van der Waals surface area (Å²) < 4.78 is 0. The van der Waals surface area contributed by atoms with Crippen LogP contribution in [0.2, 0.25) is 0 Å².